The molecule has 3 nitrogen and oxygen atoms in total. The van der Waals surface area contributed by atoms with Crippen LogP contribution >= 0.6 is 0 Å². The second-order valence-corrected chi connectivity index (χ2v) is 5.08. The molecule has 0 atom stereocenters. The summed E-state index contributed by atoms with van der Waals surface area (Å²) in [4.78, 5) is 8.08. The number of hydrogen-bond donors (Lipinski definition) is 2. The van der Waals surface area contributed by atoms with Crippen LogP contribution < -0.4 is 5.32 Å². The first kappa shape index (κ1) is 10.8. The lowest BCUT2D eigenvalue weighted by Crippen LogP contribution is -2.39. The van der Waals surface area contributed by atoms with E-state index in [1.54, 1.807) is 0 Å². The van der Waals surface area contributed by atoms with Gasteiger partial charge in [-0.1, -0.05) is 36.4 Å². The molecule has 1 aliphatic heterocycles. The summed E-state index contributed by atoms with van der Waals surface area (Å²) in [5.74, 6) is 1.60. The quantitative estimate of drug-likeness (QED) is 0.733. The minimum atomic E-state index is 0.660. The molecule has 94 valence electrons. The van der Waals surface area contributed by atoms with E-state index >= 15 is 0 Å². The molecule has 3 heteroatoms. The van der Waals surface area contributed by atoms with Crippen molar-refractivity contribution in [3.05, 3.63) is 54.1 Å². The number of hydrogen-bond acceptors (Lipinski definition) is 2. The molecule has 1 fully saturated rings. The number of fused-ring (bicyclic) bond motifs is 1. The van der Waals surface area contributed by atoms with Gasteiger partial charge in [0.15, 0.2) is 0 Å². The molecule has 1 aromatic heterocycles. The molecule has 2 heterocycles. The van der Waals surface area contributed by atoms with Gasteiger partial charge in [0.1, 0.15) is 5.82 Å². The van der Waals surface area contributed by atoms with Crippen LogP contribution in [0.3, 0.4) is 0 Å². The van der Waals surface area contributed by atoms with Crippen LogP contribution in [0.15, 0.2) is 48.5 Å². The number of benzene rings is 2. The summed E-state index contributed by atoms with van der Waals surface area (Å²) in [7, 11) is 0. The third-order valence-electron chi connectivity index (χ3n) is 3.81. The molecule has 0 aliphatic carbocycles. The molecule has 2 N–H and O–H groups in total. The van der Waals surface area contributed by atoms with Gasteiger partial charge in [-0.15, -0.1) is 0 Å². The Morgan fingerprint density at radius 3 is 2.58 bits per heavy atom. The number of aromatic nitrogens is 2. The zero-order valence-electron chi connectivity index (χ0n) is 10.6. The molecule has 3 aromatic rings. The Hall–Kier alpha value is -2.13. The van der Waals surface area contributed by atoms with E-state index in [1.165, 1.54) is 5.56 Å². The Bertz CT molecular complexity index is 711. The number of imidazole rings is 1. The van der Waals surface area contributed by atoms with Gasteiger partial charge < -0.3 is 10.3 Å². The molecule has 0 bridgehead atoms. The standard InChI is InChI=1S/C16H15N3/c1-2-4-11(5-3-1)16-18-14-7-6-12(8-15(14)19-16)13-9-17-10-13/h1-8,13,17H,9-10H2,(H,18,19). The Labute approximate surface area is 111 Å². The average Bonchev–Trinajstić information content (AvgIpc) is 2.81. The van der Waals surface area contributed by atoms with Crippen molar-refractivity contribution in [2.45, 2.75) is 5.92 Å². The molecule has 1 aliphatic rings. The Morgan fingerprint density at radius 2 is 1.84 bits per heavy atom. The molecule has 0 amide bonds. The first-order valence-electron chi connectivity index (χ1n) is 6.66. The summed E-state index contributed by atoms with van der Waals surface area (Å²) in [6.07, 6.45) is 0. The molecular formula is C16H15N3. The van der Waals surface area contributed by atoms with E-state index in [2.05, 4.69) is 45.6 Å². The summed E-state index contributed by atoms with van der Waals surface area (Å²) in [6, 6.07) is 16.8. The van der Waals surface area contributed by atoms with Gasteiger partial charge in [0.25, 0.3) is 0 Å². The molecule has 0 unspecified atom stereocenters. The van der Waals surface area contributed by atoms with Crippen molar-refractivity contribution in [3.63, 3.8) is 0 Å². The van der Waals surface area contributed by atoms with E-state index in [9.17, 15) is 0 Å². The Balaban J connectivity index is 1.78. The van der Waals surface area contributed by atoms with Gasteiger partial charge in [-0.25, -0.2) is 4.98 Å². The van der Waals surface area contributed by atoms with Crippen molar-refractivity contribution in [1.29, 1.82) is 0 Å². The fourth-order valence-electron chi connectivity index (χ4n) is 2.54. The summed E-state index contributed by atoms with van der Waals surface area (Å²) in [6.45, 7) is 2.18. The molecule has 19 heavy (non-hydrogen) atoms. The van der Waals surface area contributed by atoms with Gasteiger partial charge in [0.05, 0.1) is 11.0 Å². The Kier molecular flexibility index (Phi) is 2.38. The molecular weight excluding hydrogens is 234 g/mol. The predicted octanol–water partition coefficient (Wildman–Crippen LogP) is 2.92. The van der Waals surface area contributed by atoms with E-state index in [4.69, 9.17) is 0 Å². The number of aromatic amines is 1. The van der Waals surface area contributed by atoms with Crippen LogP contribution in [0.1, 0.15) is 11.5 Å². The summed E-state index contributed by atoms with van der Waals surface area (Å²) >= 11 is 0. The van der Waals surface area contributed by atoms with Crippen molar-refractivity contribution in [2.24, 2.45) is 0 Å². The fraction of sp³-hybridized carbons (Fsp3) is 0.188. The molecule has 2 aromatic carbocycles. The lowest BCUT2D eigenvalue weighted by Gasteiger charge is -2.27. The molecule has 0 saturated carbocycles. The fourth-order valence-corrected chi connectivity index (χ4v) is 2.54. The lowest BCUT2D eigenvalue weighted by atomic mass is 9.93. The van der Waals surface area contributed by atoms with Crippen LogP contribution in [0.25, 0.3) is 22.4 Å². The van der Waals surface area contributed by atoms with Crippen molar-refractivity contribution < 1.29 is 0 Å². The average molecular weight is 249 g/mol. The summed E-state index contributed by atoms with van der Waals surface area (Å²) in [5, 5.41) is 3.31. The van der Waals surface area contributed by atoms with Crippen molar-refractivity contribution >= 4 is 11.0 Å². The second kappa shape index (κ2) is 4.21. The maximum Gasteiger partial charge on any atom is 0.138 e. The zero-order valence-corrected chi connectivity index (χ0v) is 10.6. The molecule has 1 saturated heterocycles. The highest BCUT2D eigenvalue weighted by Gasteiger charge is 2.19. The second-order valence-electron chi connectivity index (χ2n) is 5.08. The molecule has 0 spiro atoms. The minimum Gasteiger partial charge on any atom is -0.338 e. The predicted molar refractivity (Wildman–Crippen MR) is 77.1 cm³/mol. The van der Waals surface area contributed by atoms with Crippen LogP contribution in [0, 0.1) is 0 Å². The highest BCUT2D eigenvalue weighted by Crippen LogP contribution is 2.25. The van der Waals surface area contributed by atoms with E-state index in [0.29, 0.717) is 5.92 Å². The van der Waals surface area contributed by atoms with Gasteiger partial charge in [-0.05, 0) is 17.7 Å². The minimum absolute atomic E-state index is 0.660. The summed E-state index contributed by atoms with van der Waals surface area (Å²) < 4.78 is 0. The normalized spacial score (nSPS) is 15.6. The third-order valence-corrected chi connectivity index (χ3v) is 3.81. The van der Waals surface area contributed by atoms with E-state index in [0.717, 1.165) is 35.5 Å². The van der Waals surface area contributed by atoms with Crippen molar-refractivity contribution in [2.75, 3.05) is 13.1 Å². The van der Waals surface area contributed by atoms with Crippen LogP contribution in [0.2, 0.25) is 0 Å². The molecule has 4 rings (SSSR count). The van der Waals surface area contributed by atoms with Crippen molar-refractivity contribution in [3.8, 4) is 11.4 Å². The molecule has 0 radical (unpaired) electrons. The Morgan fingerprint density at radius 1 is 1.00 bits per heavy atom. The van der Waals surface area contributed by atoms with Crippen LogP contribution in [-0.2, 0) is 0 Å². The van der Waals surface area contributed by atoms with Gasteiger partial charge >= 0.3 is 0 Å². The highest BCUT2D eigenvalue weighted by molar-refractivity contribution is 5.80. The maximum absolute atomic E-state index is 4.66. The number of H-pyrrole nitrogens is 1. The maximum atomic E-state index is 4.66. The highest BCUT2D eigenvalue weighted by atomic mass is 14.9. The van der Waals surface area contributed by atoms with E-state index in [-0.39, 0.29) is 0 Å². The smallest absolute Gasteiger partial charge is 0.138 e. The first-order chi connectivity index (χ1) is 9.40. The monoisotopic (exact) mass is 249 g/mol. The first-order valence-corrected chi connectivity index (χ1v) is 6.66. The van der Waals surface area contributed by atoms with Gasteiger partial charge in [0.2, 0.25) is 0 Å². The van der Waals surface area contributed by atoms with Crippen LogP contribution in [0.5, 0.6) is 0 Å². The number of nitrogens with one attached hydrogen (secondary N) is 2. The third kappa shape index (κ3) is 1.83. The van der Waals surface area contributed by atoms with Gasteiger partial charge in [-0.2, -0.15) is 0 Å². The number of nitrogens with zero attached hydrogens (tertiary/aromatic N) is 1. The SMILES string of the molecule is c1ccc(-c2nc3ccc(C4CNC4)cc3[nH]2)cc1. The van der Waals surface area contributed by atoms with Crippen LogP contribution in [0.4, 0.5) is 0 Å². The topological polar surface area (TPSA) is 40.7 Å². The zero-order chi connectivity index (χ0) is 12.7. The largest absolute Gasteiger partial charge is 0.338 e. The number of rotatable bonds is 2. The summed E-state index contributed by atoms with van der Waals surface area (Å²) in [5.41, 5.74) is 4.69. The van der Waals surface area contributed by atoms with Gasteiger partial charge in [-0.3, -0.25) is 0 Å². The lowest BCUT2D eigenvalue weighted by molar-refractivity contribution is 0.449. The van der Waals surface area contributed by atoms with Gasteiger partial charge in [0, 0.05) is 24.6 Å². The van der Waals surface area contributed by atoms with Crippen LogP contribution in [-0.4, -0.2) is 23.1 Å². The van der Waals surface area contributed by atoms with E-state index in [1.807, 2.05) is 18.2 Å². The van der Waals surface area contributed by atoms with Crippen molar-refractivity contribution in [1.82, 2.24) is 15.3 Å². The van der Waals surface area contributed by atoms with E-state index < -0.39 is 0 Å².